The molecule has 0 aromatic carbocycles. The summed E-state index contributed by atoms with van der Waals surface area (Å²) in [5, 5.41) is 3.11. The summed E-state index contributed by atoms with van der Waals surface area (Å²) in [6.07, 6.45) is 1.09. The van der Waals surface area contributed by atoms with Crippen LogP contribution >= 0.6 is 0 Å². The van der Waals surface area contributed by atoms with E-state index in [9.17, 15) is 8.78 Å². The Balaban J connectivity index is 1.78. The zero-order valence-electron chi connectivity index (χ0n) is 6.32. The molecule has 0 spiro atoms. The third-order valence-electron chi connectivity index (χ3n) is 2.51. The van der Waals surface area contributed by atoms with Crippen molar-refractivity contribution in [3.05, 3.63) is 0 Å². The van der Waals surface area contributed by atoms with E-state index in [0.29, 0.717) is 19.1 Å². The Labute approximate surface area is 64.6 Å². The second-order valence-electron chi connectivity index (χ2n) is 3.30. The van der Waals surface area contributed by atoms with Gasteiger partial charge >= 0.3 is 6.05 Å². The van der Waals surface area contributed by atoms with Crippen LogP contribution in [0.15, 0.2) is 0 Å². The van der Waals surface area contributed by atoms with Crippen LogP contribution in [-0.2, 0) is 0 Å². The number of alkyl halides is 2. The maximum atomic E-state index is 12.6. The third kappa shape index (κ3) is 1.25. The molecule has 4 heteroatoms. The lowest BCUT2D eigenvalue weighted by molar-refractivity contribution is -0.219. The second kappa shape index (κ2) is 2.38. The molecule has 2 rings (SSSR count). The first-order chi connectivity index (χ1) is 5.18. The van der Waals surface area contributed by atoms with E-state index in [0.717, 1.165) is 13.0 Å². The van der Waals surface area contributed by atoms with Crippen LogP contribution in [-0.4, -0.2) is 36.6 Å². The van der Waals surface area contributed by atoms with Gasteiger partial charge in [-0.25, -0.2) is 4.90 Å². The minimum atomic E-state index is -2.50. The standard InChI is InChI=1S/C7H12F2N2/c8-7(9)2-4-11(7)5-6-1-3-10-6/h6,10H,1-5H2. The highest BCUT2D eigenvalue weighted by molar-refractivity contribution is 4.88. The highest BCUT2D eigenvalue weighted by atomic mass is 19.3. The summed E-state index contributed by atoms with van der Waals surface area (Å²) in [6.45, 7) is 2.07. The van der Waals surface area contributed by atoms with E-state index in [1.807, 2.05) is 0 Å². The van der Waals surface area contributed by atoms with Gasteiger partial charge in [0.1, 0.15) is 0 Å². The van der Waals surface area contributed by atoms with Gasteiger partial charge in [0.15, 0.2) is 0 Å². The van der Waals surface area contributed by atoms with Gasteiger partial charge < -0.3 is 5.32 Å². The summed E-state index contributed by atoms with van der Waals surface area (Å²) in [4.78, 5) is 1.25. The molecule has 64 valence electrons. The highest BCUT2D eigenvalue weighted by Crippen LogP contribution is 2.33. The average molecular weight is 162 g/mol. The van der Waals surface area contributed by atoms with Crippen molar-refractivity contribution >= 4 is 0 Å². The van der Waals surface area contributed by atoms with Gasteiger partial charge in [-0.2, -0.15) is 8.78 Å². The summed E-state index contributed by atoms with van der Waals surface area (Å²) in [6, 6.07) is -2.18. The third-order valence-corrected chi connectivity index (χ3v) is 2.51. The summed E-state index contributed by atoms with van der Waals surface area (Å²) in [7, 11) is 0. The summed E-state index contributed by atoms with van der Waals surface area (Å²) in [5.41, 5.74) is 0. The smallest absolute Gasteiger partial charge is 0.306 e. The Hall–Kier alpha value is -0.220. The van der Waals surface area contributed by atoms with Crippen molar-refractivity contribution < 1.29 is 8.78 Å². The van der Waals surface area contributed by atoms with E-state index in [-0.39, 0.29) is 6.42 Å². The fraction of sp³-hybridized carbons (Fsp3) is 1.00. The van der Waals surface area contributed by atoms with Crippen LogP contribution in [0.5, 0.6) is 0 Å². The first-order valence-corrected chi connectivity index (χ1v) is 4.05. The van der Waals surface area contributed by atoms with Crippen molar-refractivity contribution in [2.75, 3.05) is 19.6 Å². The summed E-state index contributed by atoms with van der Waals surface area (Å²) in [5.74, 6) is 0. The number of nitrogens with one attached hydrogen (secondary N) is 1. The molecule has 2 heterocycles. The molecule has 2 nitrogen and oxygen atoms in total. The topological polar surface area (TPSA) is 15.3 Å². The zero-order chi connectivity index (χ0) is 7.90. The van der Waals surface area contributed by atoms with Gasteiger partial charge in [0, 0.05) is 25.6 Å². The Bertz CT molecular complexity index is 157. The molecule has 2 fully saturated rings. The molecule has 0 aromatic rings. The van der Waals surface area contributed by atoms with Gasteiger partial charge in [0.05, 0.1) is 0 Å². The van der Waals surface area contributed by atoms with E-state index in [2.05, 4.69) is 5.32 Å². The van der Waals surface area contributed by atoms with Crippen molar-refractivity contribution in [1.82, 2.24) is 10.2 Å². The van der Waals surface area contributed by atoms with Crippen LogP contribution in [0.1, 0.15) is 12.8 Å². The number of hydrogen-bond donors (Lipinski definition) is 1. The normalized spacial score (nSPS) is 36.0. The zero-order valence-corrected chi connectivity index (χ0v) is 6.32. The molecule has 0 radical (unpaired) electrons. The van der Waals surface area contributed by atoms with E-state index in [1.54, 1.807) is 0 Å². The van der Waals surface area contributed by atoms with Crippen molar-refractivity contribution in [3.8, 4) is 0 Å². The first kappa shape index (κ1) is 7.43. The maximum absolute atomic E-state index is 12.6. The number of hydrogen-bond acceptors (Lipinski definition) is 2. The lowest BCUT2D eigenvalue weighted by Gasteiger charge is -2.44. The number of likely N-dealkylation sites (tertiary alicyclic amines) is 1. The van der Waals surface area contributed by atoms with Gasteiger partial charge in [-0.15, -0.1) is 0 Å². The van der Waals surface area contributed by atoms with Crippen LogP contribution < -0.4 is 5.32 Å². The van der Waals surface area contributed by atoms with E-state index < -0.39 is 6.05 Å². The van der Waals surface area contributed by atoms with E-state index >= 15 is 0 Å². The minimum Gasteiger partial charge on any atom is -0.313 e. The van der Waals surface area contributed by atoms with Crippen molar-refractivity contribution in [3.63, 3.8) is 0 Å². The molecule has 2 aliphatic heterocycles. The van der Waals surface area contributed by atoms with Crippen LogP contribution in [0.3, 0.4) is 0 Å². The number of rotatable bonds is 2. The molecule has 2 saturated heterocycles. The van der Waals surface area contributed by atoms with Gasteiger partial charge in [-0.3, -0.25) is 0 Å². The van der Waals surface area contributed by atoms with Crippen molar-refractivity contribution in [2.45, 2.75) is 24.9 Å². The molecular formula is C7H12F2N2. The Kier molecular flexibility index (Phi) is 1.61. The van der Waals surface area contributed by atoms with Gasteiger partial charge in [0.25, 0.3) is 0 Å². The summed E-state index contributed by atoms with van der Waals surface area (Å²) >= 11 is 0. The maximum Gasteiger partial charge on any atom is 0.306 e. The van der Waals surface area contributed by atoms with Crippen LogP contribution in [0, 0.1) is 0 Å². The van der Waals surface area contributed by atoms with Crippen LogP contribution in [0.2, 0.25) is 0 Å². The Morgan fingerprint density at radius 2 is 2.27 bits per heavy atom. The molecule has 2 aliphatic rings. The molecular weight excluding hydrogens is 150 g/mol. The van der Waals surface area contributed by atoms with Crippen LogP contribution in [0.4, 0.5) is 8.78 Å². The molecule has 1 atom stereocenters. The van der Waals surface area contributed by atoms with E-state index in [4.69, 9.17) is 0 Å². The molecule has 1 N–H and O–H groups in total. The molecule has 11 heavy (non-hydrogen) atoms. The van der Waals surface area contributed by atoms with Gasteiger partial charge in [-0.1, -0.05) is 0 Å². The van der Waals surface area contributed by atoms with Gasteiger partial charge in [0.2, 0.25) is 0 Å². The predicted molar refractivity (Wildman–Crippen MR) is 37.5 cm³/mol. The first-order valence-electron chi connectivity index (χ1n) is 4.05. The predicted octanol–water partition coefficient (Wildman–Crippen LogP) is 0.647. The lowest BCUT2D eigenvalue weighted by Crippen LogP contribution is -2.60. The molecule has 1 unspecified atom stereocenters. The minimum absolute atomic E-state index is 0.0414. The van der Waals surface area contributed by atoms with Gasteiger partial charge in [-0.05, 0) is 13.0 Å². The fourth-order valence-corrected chi connectivity index (χ4v) is 1.43. The molecule has 0 aliphatic carbocycles. The number of halogens is 2. The average Bonchev–Trinajstić information content (AvgIpc) is 1.83. The monoisotopic (exact) mass is 162 g/mol. The van der Waals surface area contributed by atoms with E-state index in [1.165, 1.54) is 4.90 Å². The largest absolute Gasteiger partial charge is 0.313 e. The Morgan fingerprint density at radius 1 is 1.55 bits per heavy atom. The van der Waals surface area contributed by atoms with Crippen molar-refractivity contribution in [2.24, 2.45) is 0 Å². The molecule has 0 saturated carbocycles. The number of nitrogens with zero attached hydrogens (tertiary/aromatic N) is 1. The molecule has 0 amide bonds. The summed E-state index contributed by atoms with van der Waals surface area (Å²) < 4.78 is 25.2. The molecule has 0 bridgehead atoms. The van der Waals surface area contributed by atoms with Crippen LogP contribution in [0.25, 0.3) is 0 Å². The molecule has 0 aromatic heterocycles. The fourth-order valence-electron chi connectivity index (χ4n) is 1.43. The van der Waals surface area contributed by atoms with Crippen molar-refractivity contribution in [1.29, 1.82) is 0 Å². The Morgan fingerprint density at radius 3 is 2.55 bits per heavy atom. The quantitative estimate of drug-likeness (QED) is 0.600. The second-order valence-corrected chi connectivity index (χ2v) is 3.30. The lowest BCUT2D eigenvalue weighted by atomic mass is 10.0. The highest BCUT2D eigenvalue weighted by Gasteiger charge is 2.46. The SMILES string of the molecule is FC1(F)CCN1CC1CCN1.